The van der Waals surface area contributed by atoms with Crippen molar-refractivity contribution in [3.05, 3.63) is 23.3 Å². The molecule has 0 nitrogen and oxygen atoms in total. The minimum Gasteiger partial charge on any atom is -0.0970 e. The standard InChI is InChI=1S/C8H8B2/c1-5-3-7(9)4-8(10)6(5)2/h3-4H,1-2H3. The lowest BCUT2D eigenvalue weighted by atomic mass is 9.82. The lowest BCUT2D eigenvalue weighted by Crippen LogP contribution is -2.17. The van der Waals surface area contributed by atoms with Crippen LogP contribution in [0.4, 0.5) is 0 Å². The van der Waals surface area contributed by atoms with Gasteiger partial charge in [0.15, 0.2) is 0 Å². The smallest absolute Gasteiger partial charge is 0.0970 e. The molecule has 0 aromatic heterocycles. The summed E-state index contributed by atoms with van der Waals surface area (Å²) in [5.41, 5.74) is 3.78. The first kappa shape index (κ1) is 7.46. The highest BCUT2D eigenvalue weighted by atomic mass is 14.0. The summed E-state index contributed by atoms with van der Waals surface area (Å²) < 4.78 is 0. The Kier molecular flexibility index (Phi) is 1.89. The molecular weight excluding hydrogens is 118 g/mol. The van der Waals surface area contributed by atoms with E-state index < -0.39 is 0 Å². The van der Waals surface area contributed by atoms with E-state index >= 15 is 0 Å². The Morgan fingerprint density at radius 1 is 1.10 bits per heavy atom. The summed E-state index contributed by atoms with van der Waals surface area (Å²) >= 11 is 0. The van der Waals surface area contributed by atoms with Gasteiger partial charge in [-0.05, 0) is 19.4 Å². The normalized spacial score (nSPS) is 9.80. The van der Waals surface area contributed by atoms with Crippen LogP contribution in [-0.4, -0.2) is 15.7 Å². The molecule has 0 N–H and O–H groups in total. The van der Waals surface area contributed by atoms with Gasteiger partial charge in [-0.1, -0.05) is 28.6 Å². The first-order chi connectivity index (χ1) is 4.61. The van der Waals surface area contributed by atoms with Gasteiger partial charge in [0.05, 0.1) is 0 Å². The first-order valence-corrected chi connectivity index (χ1v) is 3.23. The quantitative estimate of drug-likeness (QED) is 0.425. The predicted molar refractivity (Wildman–Crippen MR) is 46.7 cm³/mol. The molecular formula is C8H8B2. The highest BCUT2D eigenvalue weighted by molar-refractivity contribution is 6.38. The summed E-state index contributed by atoms with van der Waals surface area (Å²) in [6, 6.07) is 3.70. The second-order valence-corrected chi connectivity index (χ2v) is 2.55. The van der Waals surface area contributed by atoms with E-state index in [1.807, 2.05) is 19.9 Å². The fourth-order valence-electron chi connectivity index (χ4n) is 0.915. The SMILES string of the molecule is [B]c1cc([B])c(C)c(C)c1. The summed E-state index contributed by atoms with van der Waals surface area (Å²) in [6.07, 6.45) is 0. The van der Waals surface area contributed by atoms with Gasteiger partial charge in [0.1, 0.15) is 15.7 Å². The van der Waals surface area contributed by atoms with Crippen LogP contribution < -0.4 is 10.9 Å². The summed E-state index contributed by atoms with van der Waals surface area (Å²) in [6.45, 7) is 3.99. The zero-order chi connectivity index (χ0) is 7.72. The third-order valence-electron chi connectivity index (χ3n) is 1.73. The van der Waals surface area contributed by atoms with Crippen LogP contribution in [0, 0.1) is 13.8 Å². The van der Waals surface area contributed by atoms with Crippen LogP contribution >= 0.6 is 0 Å². The van der Waals surface area contributed by atoms with Crippen LogP contribution in [-0.2, 0) is 0 Å². The van der Waals surface area contributed by atoms with Gasteiger partial charge in [-0.2, -0.15) is 0 Å². The minimum absolute atomic E-state index is 0.737. The van der Waals surface area contributed by atoms with Crippen molar-refractivity contribution in [1.82, 2.24) is 0 Å². The third kappa shape index (κ3) is 1.26. The van der Waals surface area contributed by atoms with Crippen molar-refractivity contribution in [3.63, 3.8) is 0 Å². The molecule has 1 rings (SSSR count). The Morgan fingerprint density at radius 3 is 2.20 bits per heavy atom. The van der Waals surface area contributed by atoms with Crippen LogP contribution in [0.2, 0.25) is 0 Å². The molecule has 0 heterocycles. The van der Waals surface area contributed by atoms with E-state index in [2.05, 4.69) is 0 Å². The Balaban J connectivity index is 3.31. The Labute approximate surface area is 64.5 Å². The van der Waals surface area contributed by atoms with Crippen molar-refractivity contribution >= 4 is 26.6 Å². The fraction of sp³-hybridized carbons (Fsp3) is 0.250. The molecule has 10 heavy (non-hydrogen) atoms. The summed E-state index contributed by atoms with van der Waals surface area (Å²) in [7, 11) is 11.2. The number of benzene rings is 1. The maximum absolute atomic E-state index is 5.64. The van der Waals surface area contributed by atoms with Crippen LogP contribution in [0.25, 0.3) is 0 Å². The molecule has 1 aromatic carbocycles. The van der Waals surface area contributed by atoms with Crippen molar-refractivity contribution < 1.29 is 0 Å². The maximum atomic E-state index is 5.64. The third-order valence-corrected chi connectivity index (χ3v) is 1.73. The van der Waals surface area contributed by atoms with Gasteiger partial charge in [-0.25, -0.2) is 0 Å². The molecule has 0 saturated carbocycles. The second kappa shape index (κ2) is 2.53. The molecule has 46 valence electrons. The molecule has 0 unspecified atom stereocenters. The highest BCUT2D eigenvalue weighted by Crippen LogP contribution is 1.98. The van der Waals surface area contributed by atoms with Gasteiger partial charge in [0.25, 0.3) is 0 Å². The molecule has 0 aliphatic heterocycles. The van der Waals surface area contributed by atoms with E-state index in [0.29, 0.717) is 0 Å². The molecule has 0 bridgehead atoms. The zero-order valence-electron chi connectivity index (χ0n) is 6.31. The molecule has 0 spiro atoms. The van der Waals surface area contributed by atoms with E-state index in [9.17, 15) is 0 Å². The summed E-state index contributed by atoms with van der Waals surface area (Å²) in [5, 5.41) is 0. The van der Waals surface area contributed by atoms with Crippen LogP contribution in [0.1, 0.15) is 11.1 Å². The molecule has 2 heteroatoms. The molecule has 0 amide bonds. The first-order valence-electron chi connectivity index (χ1n) is 3.23. The van der Waals surface area contributed by atoms with E-state index in [-0.39, 0.29) is 0 Å². The molecule has 0 atom stereocenters. The van der Waals surface area contributed by atoms with E-state index in [0.717, 1.165) is 22.1 Å². The average molecular weight is 126 g/mol. The molecule has 0 fully saturated rings. The summed E-state index contributed by atoms with van der Waals surface area (Å²) in [5.74, 6) is 0. The van der Waals surface area contributed by atoms with Crippen molar-refractivity contribution in [2.45, 2.75) is 13.8 Å². The van der Waals surface area contributed by atoms with Crippen molar-refractivity contribution in [3.8, 4) is 0 Å². The monoisotopic (exact) mass is 126 g/mol. The van der Waals surface area contributed by atoms with Crippen molar-refractivity contribution in [2.24, 2.45) is 0 Å². The Morgan fingerprint density at radius 2 is 1.70 bits per heavy atom. The topological polar surface area (TPSA) is 0 Å². The van der Waals surface area contributed by atoms with E-state index in [1.54, 1.807) is 6.07 Å². The Hall–Kier alpha value is -0.650. The number of hydrogen-bond acceptors (Lipinski definition) is 0. The largest absolute Gasteiger partial charge is 0.114 e. The average Bonchev–Trinajstić information content (AvgIpc) is 1.82. The molecule has 0 aliphatic rings. The molecule has 0 saturated heterocycles. The van der Waals surface area contributed by atoms with Crippen LogP contribution in [0.5, 0.6) is 0 Å². The van der Waals surface area contributed by atoms with Gasteiger partial charge in [0.2, 0.25) is 0 Å². The molecule has 4 radical (unpaired) electrons. The van der Waals surface area contributed by atoms with Crippen molar-refractivity contribution in [2.75, 3.05) is 0 Å². The lowest BCUT2D eigenvalue weighted by molar-refractivity contribution is 1.38. The number of rotatable bonds is 0. The fourth-order valence-corrected chi connectivity index (χ4v) is 0.915. The lowest BCUT2D eigenvalue weighted by Gasteiger charge is -2.05. The second-order valence-electron chi connectivity index (χ2n) is 2.55. The minimum atomic E-state index is 0.737. The van der Waals surface area contributed by atoms with Gasteiger partial charge < -0.3 is 0 Å². The van der Waals surface area contributed by atoms with Gasteiger partial charge >= 0.3 is 0 Å². The molecule has 1 aromatic rings. The number of hydrogen-bond donors (Lipinski definition) is 0. The predicted octanol–water partition coefficient (Wildman–Crippen LogP) is -0.109. The van der Waals surface area contributed by atoms with Gasteiger partial charge in [0, 0.05) is 0 Å². The van der Waals surface area contributed by atoms with Crippen molar-refractivity contribution in [1.29, 1.82) is 0 Å². The number of aryl methyl sites for hydroxylation is 1. The van der Waals surface area contributed by atoms with E-state index in [1.165, 1.54) is 0 Å². The van der Waals surface area contributed by atoms with E-state index in [4.69, 9.17) is 15.7 Å². The highest BCUT2D eigenvalue weighted by Gasteiger charge is 1.95. The molecule has 0 aliphatic carbocycles. The maximum Gasteiger partial charge on any atom is 0.114 e. The van der Waals surface area contributed by atoms with Crippen LogP contribution in [0.15, 0.2) is 12.1 Å². The summed E-state index contributed by atoms with van der Waals surface area (Å²) in [4.78, 5) is 0. The van der Waals surface area contributed by atoms with Gasteiger partial charge in [-0.15, -0.1) is 0 Å². The van der Waals surface area contributed by atoms with Gasteiger partial charge in [-0.3, -0.25) is 0 Å². The van der Waals surface area contributed by atoms with Crippen LogP contribution in [0.3, 0.4) is 0 Å². The Bertz CT molecular complexity index is 230. The zero-order valence-corrected chi connectivity index (χ0v) is 6.31.